The second-order valence-corrected chi connectivity index (χ2v) is 10.1. The molecule has 2 aromatic rings. The van der Waals surface area contributed by atoms with Crippen LogP contribution in [0.1, 0.15) is 73.9 Å². The van der Waals surface area contributed by atoms with E-state index in [1.54, 1.807) is 0 Å². The molecule has 170 valence electrons. The highest BCUT2D eigenvalue weighted by molar-refractivity contribution is 5.78. The third kappa shape index (κ3) is 3.90. The average molecular weight is 435 g/mol. The Kier molecular flexibility index (Phi) is 6.48. The molecule has 2 aliphatic carbocycles. The summed E-state index contributed by atoms with van der Waals surface area (Å²) in [6, 6.07) is 14.1. The van der Waals surface area contributed by atoms with Crippen molar-refractivity contribution in [2.75, 3.05) is 0 Å². The van der Waals surface area contributed by atoms with E-state index in [-0.39, 0.29) is 5.41 Å². The van der Waals surface area contributed by atoms with E-state index in [0.717, 1.165) is 25.7 Å². The molecule has 0 heterocycles. The van der Waals surface area contributed by atoms with Gasteiger partial charge in [0.15, 0.2) is 0 Å². The number of aryl methyl sites for hydroxylation is 1. The predicted molar refractivity (Wildman–Crippen MR) is 146 cm³/mol. The van der Waals surface area contributed by atoms with Crippen LogP contribution in [0.5, 0.6) is 0 Å². The maximum atomic E-state index is 4.84. The van der Waals surface area contributed by atoms with Gasteiger partial charge in [0.05, 0.1) is 0 Å². The first kappa shape index (κ1) is 23.3. The van der Waals surface area contributed by atoms with Crippen LogP contribution >= 0.6 is 0 Å². The fourth-order valence-corrected chi connectivity index (χ4v) is 6.04. The molecular formula is C33H38. The Morgan fingerprint density at radius 2 is 1.85 bits per heavy atom. The molecule has 4 rings (SSSR count). The summed E-state index contributed by atoms with van der Waals surface area (Å²) in [5.74, 6) is 0.313. The molecule has 0 spiro atoms. The molecule has 0 N–H and O–H groups in total. The van der Waals surface area contributed by atoms with Gasteiger partial charge in [-0.15, -0.1) is 0 Å². The maximum absolute atomic E-state index is 4.84. The molecule has 0 heteroatoms. The lowest BCUT2D eigenvalue weighted by Crippen LogP contribution is -2.43. The minimum absolute atomic E-state index is 0.208. The third-order valence-corrected chi connectivity index (χ3v) is 7.71. The SMILES string of the molecule is C=C1c2cc3c(cc2C[C@](C(=C)C(/C=C\C)=C(C)C)(c2ccc(C)cc2)C1CCC)CC=C3. The van der Waals surface area contributed by atoms with Crippen molar-refractivity contribution in [1.29, 1.82) is 0 Å². The van der Waals surface area contributed by atoms with Gasteiger partial charge in [0.1, 0.15) is 0 Å². The Morgan fingerprint density at radius 3 is 2.48 bits per heavy atom. The summed E-state index contributed by atoms with van der Waals surface area (Å²) < 4.78 is 0. The monoisotopic (exact) mass is 434 g/mol. The summed E-state index contributed by atoms with van der Waals surface area (Å²) in [4.78, 5) is 0. The van der Waals surface area contributed by atoms with Gasteiger partial charge in [-0.2, -0.15) is 0 Å². The van der Waals surface area contributed by atoms with Crippen molar-refractivity contribution in [3.8, 4) is 0 Å². The number of fused-ring (bicyclic) bond motifs is 2. The molecule has 0 aliphatic heterocycles. The molecule has 1 unspecified atom stereocenters. The standard InChI is InChI=1S/C33H38/c1-8-11-30(22(3)4)25(7)33(29-17-15-23(5)16-18-29)21-28-19-26-13-10-14-27(26)20-31(28)24(6)32(33)12-9-2/h8,10-11,14-20,32H,6-7,9,12-13,21H2,1-5H3/b11-8-/t32?,33-/m0/s1. The predicted octanol–water partition coefficient (Wildman–Crippen LogP) is 8.96. The molecular weight excluding hydrogens is 396 g/mol. The zero-order chi connectivity index (χ0) is 23.8. The van der Waals surface area contributed by atoms with Gasteiger partial charge in [0.2, 0.25) is 0 Å². The number of hydrogen-bond donors (Lipinski definition) is 0. The van der Waals surface area contributed by atoms with Crippen LogP contribution in [0.3, 0.4) is 0 Å². The molecule has 0 amide bonds. The normalized spacial score (nSPS) is 21.2. The fourth-order valence-electron chi connectivity index (χ4n) is 6.04. The van der Waals surface area contributed by atoms with Gasteiger partial charge in [0, 0.05) is 5.41 Å². The van der Waals surface area contributed by atoms with E-state index >= 15 is 0 Å². The number of allylic oxidation sites excluding steroid dienone is 7. The van der Waals surface area contributed by atoms with E-state index < -0.39 is 0 Å². The van der Waals surface area contributed by atoms with E-state index in [2.05, 4.69) is 95.3 Å². The van der Waals surface area contributed by atoms with Crippen molar-refractivity contribution in [3.63, 3.8) is 0 Å². The summed E-state index contributed by atoms with van der Waals surface area (Å²) in [6.07, 6.45) is 13.2. The summed E-state index contributed by atoms with van der Waals surface area (Å²) in [6.45, 7) is 20.6. The summed E-state index contributed by atoms with van der Waals surface area (Å²) >= 11 is 0. The highest BCUT2D eigenvalue weighted by Crippen LogP contribution is 2.55. The summed E-state index contributed by atoms with van der Waals surface area (Å²) in [5, 5.41) is 0. The lowest BCUT2D eigenvalue weighted by atomic mass is 9.54. The van der Waals surface area contributed by atoms with Crippen molar-refractivity contribution < 1.29 is 0 Å². The van der Waals surface area contributed by atoms with Crippen LogP contribution in [0.2, 0.25) is 0 Å². The molecule has 33 heavy (non-hydrogen) atoms. The molecule has 0 saturated heterocycles. The fraction of sp³-hybridized carbons (Fsp3) is 0.333. The van der Waals surface area contributed by atoms with Gasteiger partial charge >= 0.3 is 0 Å². The van der Waals surface area contributed by atoms with Crippen molar-refractivity contribution >= 4 is 11.6 Å². The van der Waals surface area contributed by atoms with E-state index in [1.807, 2.05) is 0 Å². The topological polar surface area (TPSA) is 0 Å². The van der Waals surface area contributed by atoms with Gasteiger partial charge in [0.25, 0.3) is 0 Å². The lowest BCUT2D eigenvalue weighted by Gasteiger charge is -2.49. The van der Waals surface area contributed by atoms with Crippen LogP contribution < -0.4 is 0 Å². The van der Waals surface area contributed by atoms with E-state index in [0.29, 0.717) is 5.92 Å². The molecule has 0 aromatic heterocycles. The molecule has 0 fully saturated rings. The van der Waals surface area contributed by atoms with Gasteiger partial charge in [-0.3, -0.25) is 0 Å². The second kappa shape index (κ2) is 9.18. The molecule has 2 aliphatic rings. The van der Waals surface area contributed by atoms with E-state index in [1.165, 1.54) is 55.7 Å². The van der Waals surface area contributed by atoms with Crippen LogP contribution in [0.4, 0.5) is 0 Å². The molecule has 2 aromatic carbocycles. The van der Waals surface area contributed by atoms with Crippen LogP contribution in [0.25, 0.3) is 11.6 Å². The Hall–Kier alpha value is -2.86. The zero-order valence-electron chi connectivity index (χ0n) is 21.1. The zero-order valence-corrected chi connectivity index (χ0v) is 21.1. The lowest BCUT2D eigenvalue weighted by molar-refractivity contribution is 0.352. The van der Waals surface area contributed by atoms with Gasteiger partial charge < -0.3 is 0 Å². The highest BCUT2D eigenvalue weighted by atomic mass is 14.5. The molecule has 2 atom stereocenters. The van der Waals surface area contributed by atoms with Gasteiger partial charge in [-0.25, -0.2) is 0 Å². The first-order chi connectivity index (χ1) is 15.8. The average Bonchev–Trinajstić information content (AvgIpc) is 3.25. The van der Waals surface area contributed by atoms with Crippen molar-refractivity contribution in [2.45, 2.75) is 65.7 Å². The van der Waals surface area contributed by atoms with Crippen molar-refractivity contribution in [1.82, 2.24) is 0 Å². The Bertz CT molecular complexity index is 1180. The Labute approximate surface area is 201 Å². The van der Waals surface area contributed by atoms with Crippen LogP contribution in [-0.2, 0) is 18.3 Å². The maximum Gasteiger partial charge on any atom is 0.0311 e. The van der Waals surface area contributed by atoms with Gasteiger partial charge in [-0.05, 0) is 103 Å². The first-order valence-corrected chi connectivity index (χ1v) is 12.4. The molecule has 0 bridgehead atoms. The highest BCUT2D eigenvalue weighted by Gasteiger charge is 2.48. The number of benzene rings is 2. The minimum Gasteiger partial charge on any atom is -0.0949 e. The van der Waals surface area contributed by atoms with Crippen LogP contribution in [-0.4, -0.2) is 0 Å². The van der Waals surface area contributed by atoms with Crippen molar-refractivity contribution in [3.05, 3.63) is 118 Å². The largest absolute Gasteiger partial charge is 0.0949 e. The minimum atomic E-state index is -0.208. The van der Waals surface area contributed by atoms with Gasteiger partial charge in [-0.1, -0.05) is 92.3 Å². The quantitative estimate of drug-likeness (QED) is 0.398. The van der Waals surface area contributed by atoms with Crippen LogP contribution in [0, 0.1) is 12.8 Å². The molecule has 0 nitrogen and oxygen atoms in total. The second-order valence-electron chi connectivity index (χ2n) is 10.1. The Balaban J connectivity index is 2.01. The van der Waals surface area contributed by atoms with E-state index in [4.69, 9.17) is 13.2 Å². The molecule has 0 radical (unpaired) electrons. The summed E-state index contributed by atoms with van der Waals surface area (Å²) in [7, 11) is 0. The van der Waals surface area contributed by atoms with Crippen LogP contribution in [0.15, 0.2) is 84.5 Å². The number of hydrogen-bond acceptors (Lipinski definition) is 0. The number of rotatable bonds is 6. The third-order valence-electron chi connectivity index (χ3n) is 7.71. The smallest absolute Gasteiger partial charge is 0.0311 e. The van der Waals surface area contributed by atoms with Crippen molar-refractivity contribution in [2.24, 2.45) is 5.92 Å². The summed E-state index contributed by atoms with van der Waals surface area (Å²) in [5.41, 5.74) is 13.1. The first-order valence-electron chi connectivity index (χ1n) is 12.4. The molecule has 0 saturated carbocycles. The van der Waals surface area contributed by atoms with E-state index in [9.17, 15) is 0 Å². The Morgan fingerprint density at radius 1 is 1.12 bits per heavy atom.